The second kappa shape index (κ2) is 7.22. The van der Waals surface area contributed by atoms with Crippen LogP contribution < -0.4 is 5.32 Å². The second-order valence-electron chi connectivity index (χ2n) is 5.61. The monoisotopic (exact) mass is 270 g/mol. The zero-order chi connectivity index (χ0) is 13.6. The van der Waals surface area contributed by atoms with E-state index in [1.807, 2.05) is 0 Å². The molecule has 0 saturated heterocycles. The van der Waals surface area contributed by atoms with Crippen LogP contribution in [0.4, 0.5) is 0 Å². The molecule has 0 spiro atoms. The van der Waals surface area contributed by atoms with Gasteiger partial charge in [0.05, 0.1) is 18.3 Å². The standard InChI is InChI=1S/C14H26N2OS/c1-6-7-11(15-8-9-17-5)13-16-12(10-18-13)14(2,3)4/h10-11,15H,6-9H2,1-5H3. The molecule has 3 nitrogen and oxygen atoms in total. The smallest absolute Gasteiger partial charge is 0.110 e. The zero-order valence-corrected chi connectivity index (χ0v) is 13.1. The Morgan fingerprint density at radius 2 is 2.17 bits per heavy atom. The summed E-state index contributed by atoms with van der Waals surface area (Å²) in [5.74, 6) is 0. The molecule has 0 fully saturated rings. The Morgan fingerprint density at radius 1 is 1.44 bits per heavy atom. The summed E-state index contributed by atoms with van der Waals surface area (Å²) in [5.41, 5.74) is 1.33. The minimum Gasteiger partial charge on any atom is -0.383 e. The van der Waals surface area contributed by atoms with E-state index in [0.717, 1.165) is 26.0 Å². The quantitative estimate of drug-likeness (QED) is 0.770. The minimum atomic E-state index is 0.137. The fourth-order valence-electron chi connectivity index (χ4n) is 1.73. The van der Waals surface area contributed by atoms with E-state index in [9.17, 15) is 0 Å². The van der Waals surface area contributed by atoms with E-state index in [0.29, 0.717) is 6.04 Å². The molecule has 1 heterocycles. The Kier molecular flexibility index (Phi) is 6.26. The lowest BCUT2D eigenvalue weighted by atomic mass is 9.93. The van der Waals surface area contributed by atoms with Crippen LogP contribution in [0, 0.1) is 0 Å². The Labute approximate surface area is 115 Å². The molecular weight excluding hydrogens is 244 g/mol. The SMILES string of the molecule is CCCC(NCCOC)c1nc(C(C)(C)C)cs1. The summed E-state index contributed by atoms with van der Waals surface area (Å²) in [7, 11) is 1.73. The van der Waals surface area contributed by atoms with Gasteiger partial charge in [0, 0.05) is 24.4 Å². The van der Waals surface area contributed by atoms with Crippen molar-refractivity contribution < 1.29 is 4.74 Å². The fourth-order valence-corrected chi connectivity index (χ4v) is 2.88. The third kappa shape index (κ3) is 4.67. The van der Waals surface area contributed by atoms with Crippen LogP contribution in [0.15, 0.2) is 5.38 Å². The normalized spacial score (nSPS) is 13.8. The van der Waals surface area contributed by atoms with Crippen LogP contribution in [0.3, 0.4) is 0 Å². The van der Waals surface area contributed by atoms with Crippen molar-refractivity contribution in [2.24, 2.45) is 0 Å². The van der Waals surface area contributed by atoms with E-state index in [1.54, 1.807) is 18.4 Å². The number of hydrogen-bond acceptors (Lipinski definition) is 4. The molecule has 1 aromatic heterocycles. The van der Waals surface area contributed by atoms with E-state index in [-0.39, 0.29) is 5.41 Å². The fraction of sp³-hybridized carbons (Fsp3) is 0.786. The largest absolute Gasteiger partial charge is 0.383 e. The van der Waals surface area contributed by atoms with Gasteiger partial charge in [-0.05, 0) is 6.42 Å². The molecule has 18 heavy (non-hydrogen) atoms. The number of hydrogen-bond donors (Lipinski definition) is 1. The highest BCUT2D eigenvalue weighted by molar-refractivity contribution is 7.09. The average molecular weight is 270 g/mol. The molecule has 1 aromatic rings. The maximum atomic E-state index is 5.09. The van der Waals surface area contributed by atoms with Crippen LogP contribution in [-0.2, 0) is 10.2 Å². The van der Waals surface area contributed by atoms with Crippen LogP contribution in [0.2, 0.25) is 0 Å². The van der Waals surface area contributed by atoms with Gasteiger partial charge in [0.25, 0.3) is 0 Å². The Morgan fingerprint density at radius 3 is 2.67 bits per heavy atom. The molecule has 0 radical (unpaired) electrons. The van der Waals surface area contributed by atoms with E-state index in [4.69, 9.17) is 9.72 Å². The molecule has 0 aliphatic rings. The summed E-state index contributed by atoms with van der Waals surface area (Å²) in [4.78, 5) is 4.79. The highest BCUT2D eigenvalue weighted by atomic mass is 32.1. The molecule has 0 aliphatic carbocycles. The van der Waals surface area contributed by atoms with Crippen LogP contribution in [-0.4, -0.2) is 25.2 Å². The average Bonchev–Trinajstić information content (AvgIpc) is 2.77. The first-order valence-corrected chi connectivity index (χ1v) is 7.55. The van der Waals surface area contributed by atoms with Gasteiger partial charge >= 0.3 is 0 Å². The Bertz CT molecular complexity index is 344. The van der Waals surface area contributed by atoms with Crippen molar-refractivity contribution in [3.8, 4) is 0 Å². The molecule has 0 saturated carbocycles. The van der Waals surface area contributed by atoms with Gasteiger partial charge in [-0.1, -0.05) is 34.1 Å². The van der Waals surface area contributed by atoms with Gasteiger partial charge in [0.15, 0.2) is 0 Å². The topological polar surface area (TPSA) is 34.1 Å². The number of methoxy groups -OCH3 is 1. The summed E-state index contributed by atoms with van der Waals surface area (Å²) in [6.45, 7) is 10.5. The lowest BCUT2D eigenvalue weighted by Gasteiger charge is -2.17. The molecule has 1 unspecified atom stereocenters. The third-order valence-electron chi connectivity index (χ3n) is 2.86. The summed E-state index contributed by atoms with van der Waals surface area (Å²) in [6.07, 6.45) is 2.29. The van der Waals surface area contributed by atoms with Crippen molar-refractivity contribution in [1.29, 1.82) is 0 Å². The van der Waals surface area contributed by atoms with Crippen LogP contribution >= 0.6 is 11.3 Å². The van der Waals surface area contributed by atoms with Crippen molar-refractivity contribution >= 4 is 11.3 Å². The maximum Gasteiger partial charge on any atom is 0.110 e. The summed E-state index contributed by atoms with van der Waals surface area (Å²) < 4.78 is 5.09. The third-order valence-corrected chi connectivity index (χ3v) is 3.82. The van der Waals surface area contributed by atoms with E-state index >= 15 is 0 Å². The minimum absolute atomic E-state index is 0.137. The Hall–Kier alpha value is -0.450. The van der Waals surface area contributed by atoms with Crippen molar-refractivity contribution in [3.63, 3.8) is 0 Å². The number of ether oxygens (including phenoxy) is 1. The van der Waals surface area contributed by atoms with E-state index in [2.05, 4.69) is 38.4 Å². The molecule has 1 atom stereocenters. The number of aromatic nitrogens is 1. The predicted octanol–water partition coefficient (Wildman–Crippen LogP) is 3.52. The Balaban J connectivity index is 2.70. The van der Waals surface area contributed by atoms with Crippen LogP contribution in [0.5, 0.6) is 0 Å². The first-order valence-electron chi connectivity index (χ1n) is 6.67. The first kappa shape index (κ1) is 15.6. The highest BCUT2D eigenvalue weighted by Crippen LogP contribution is 2.28. The molecule has 1 N–H and O–H groups in total. The summed E-state index contributed by atoms with van der Waals surface area (Å²) in [5, 5.41) is 6.92. The molecule has 104 valence electrons. The predicted molar refractivity (Wildman–Crippen MR) is 78.3 cm³/mol. The van der Waals surface area contributed by atoms with Gasteiger partial charge in [-0.25, -0.2) is 4.98 Å². The number of rotatable bonds is 7. The zero-order valence-electron chi connectivity index (χ0n) is 12.2. The van der Waals surface area contributed by atoms with Gasteiger partial charge < -0.3 is 10.1 Å². The molecule has 4 heteroatoms. The number of nitrogens with zero attached hydrogens (tertiary/aromatic N) is 1. The van der Waals surface area contributed by atoms with Gasteiger partial charge in [0.1, 0.15) is 5.01 Å². The maximum absolute atomic E-state index is 5.09. The van der Waals surface area contributed by atoms with E-state index < -0.39 is 0 Å². The van der Waals surface area contributed by atoms with Crippen molar-refractivity contribution in [2.45, 2.75) is 52.0 Å². The first-order chi connectivity index (χ1) is 8.49. The van der Waals surface area contributed by atoms with Crippen molar-refractivity contribution in [2.75, 3.05) is 20.3 Å². The molecular formula is C14H26N2OS. The van der Waals surface area contributed by atoms with Crippen molar-refractivity contribution in [1.82, 2.24) is 10.3 Å². The second-order valence-corrected chi connectivity index (χ2v) is 6.50. The lowest BCUT2D eigenvalue weighted by molar-refractivity contribution is 0.195. The number of thiazole rings is 1. The van der Waals surface area contributed by atoms with Crippen LogP contribution in [0.1, 0.15) is 57.3 Å². The number of nitrogens with one attached hydrogen (secondary N) is 1. The van der Waals surface area contributed by atoms with Gasteiger partial charge in [-0.15, -0.1) is 11.3 Å². The lowest BCUT2D eigenvalue weighted by Crippen LogP contribution is -2.25. The summed E-state index contributed by atoms with van der Waals surface area (Å²) in [6, 6.07) is 0.367. The molecule has 0 amide bonds. The molecule has 0 aromatic carbocycles. The van der Waals surface area contributed by atoms with Gasteiger partial charge in [-0.2, -0.15) is 0 Å². The molecule has 0 bridgehead atoms. The van der Waals surface area contributed by atoms with Crippen LogP contribution in [0.25, 0.3) is 0 Å². The van der Waals surface area contributed by atoms with E-state index in [1.165, 1.54) is 10.7 Å². The summed E-state index contributed by atoms with van der Waals surface area (Å²) >= 11 is 1.77. The van der Waals surface area contributed by atoms with Gasteiger partial charge in [-0.3, -0.25) is 0 Å². The molecule has 1 rings (SSSR count). The molecule has 0 aliphatic heterocycles. The van der Waals surface area contributed by atoms with Crippen molar-refractivity contribution in [3.05, 3.63) is 16.1 Å². The highest BCUT2D eigenvalue weighted by Gasteiger charge is 2.20. The van der Waals surface area contributed by atoms with Gasteiger partial charge in [0.2, 0.25) is 0 Å².